The summed E-state index contributed by atoms with van der Waals surface area (Å²) in [4.78, 5) is 41.5. The zero-order chi connectivity index (χ0) is 30.9. The maximum Gasteiger partial charge on any atom is 0.410 e. The van der Waals surface area contributed by atoms with Gasteiger partial charge in [-0.1, -0.05) is 32.9 Å². The molecule has 222 valence electrons. The number of rotatable bonds is 8. The summed E-state index contributed by atoms with van der Waals surface area (Å²) >= 11 is 0. The minimum atomic E-state index is -2.41. The molecule has 1 amide bonds. The van der Waals surface area contributed by atoms with Gasteiger partial charge in [0.2, 0.25) is 5.56 Å². The van der Waals surface area contributed by atoms with Gasteiger partial charge in [0.1, 0.15) is 11.4 Å². The lowest BCUT2D eigenvalue weighted by atomic mass is 10.0. The first-order valence-electron chi connectivity index (χ1n) is 13.6. The number of H-pyrrole nitrogens is 1. The molecule has 3 rings (SSSR count). The second-order valence-corrected chi connectivity index (χ2v) is 17.7. The number of phenolic OH excluding ortho intramolecular Hbond substituents is 1. The van der Waals surface area contributed by atoms with E-state index in [1.165, 1.54) is 18.2 Å². The number of amides is 1. The molecule has 0 fully saturated rings. The molecule has 0 unspecified atom stereocenters. The monoisotopic (exact) mass is 582 g/mol. The molecular weight excluding hydrogens is 540 g/mol. The molecule has 2 aromatic carbocycles. The van der Waals surface area contributed by atoms with E-state index in [9.17, 15) is 24.6 Å². The highest BCUT2D eigenvalue weighted by molar-refractivity contribution is 6.74. The fourth-order valence-electron chi connectivity index (χ4n) is 4.21. The van der Waals surface area contributed by atoms with Crippen molar-refractivity contribution in [2.24, 2.45) is 0 Å². The number of nitrogens with one attached hydrogen (secondary N) is 1. The Morgan fingerprint density at radius 2 is 1.68 bits per heavy atom. The molecule has 10 heteroatoms. The quantitative estimate of drug-likeness (QED) is 0.251. The van der Waals surface area contributed by atoms with Crippen molar-refractivity contribution in [3.63, 3.8) is 0 Å². The van der Waals surface area contributed by atoms with Crippen LogP contribution in [-0.4, -0.2) is 52.6 Å². The number of phenols is 1. The molecule has 0 saturated heterocycles. The maximum atomic E-state index is 13.6. The van der Waals surface area contributed by atoms with Crippen molar-refractivity contribution < 1.29 is 29.0 Å². The van der Waals surface area contributed by atoms with Gasteiger partial charge in [0, 0.05) is 18.0 Å². The topological polar surface area (TPSA) is 129 Å². The number of pyridine rings is 1. The molecule has 1 aromatic heterocycles. The average Bonchev–Trinajstić information content (AvgIpc) is 2.82. The van der Waals surface area contributed by atoms with E-state index in [0.717, 1.165) is 11.1 Å². The number of carbonyl (C=O) groups excluding carboxylic acids is 1. The predicted molar refractivity (Wildman–Crippen MR) is 162 cm³/mol. The Kier molecular flexibility index (Phi) is 9.10. The zero-order valence-electron chi connectivity index (χ0n) is 25.4. The number of hydrogen-bond donors (Lipinski definition) is 3. The van der Waals surface area contributed by atoms with Gasteiger partial charge in [0.25, 0.3) is 0 Å². The molecule has 0 bridgehead atoms. The number of fused-ring (bicyclic) bond motifs is 1. The summed E-state index contributed by atoms with van der Waals surface area (Å²) in [7, 11) is -2.41. The molecule has 0 spiro atoms. The third-order valence-electron chi connectivity index (χ3n) is 7.49. The average molecular weight is 583 g/mol. The lowest BCUT2D eigenvalue weighted by Crippen LogP contribution is -2.45. The number of aromatic amines is 1. The number of aromatic hydroxyl groups is 1. The zero-order valence-corrected chi connectivity index (χ0v) is 26.4. The van der Waals surface area contributed by atoms with Gasteiger partial charge in [0.05, 0.1) is 23.7 Å². The second-order valence-electron chi connectivity index (χ2n) is 13.0. The van der Waals surface area contributed by atoms with Crippen molar-refractivity contribution in [2.75, 3.05) is 6.54 Å². The molecule has 0 radical (unpaired) electrons. The molecule has 1 heterocycles. The van der Waals surface area contributed by atoms with E-state index < -0.39 is 32.1 Å². The van der Waals surface area contributed by atoms with Crippen LogP contribution in [0.1, 0.15) is 74.7 Å². The van der Waals surface area contributed by atoms with Crippen LogP contribution in [0.25, 0.3) is 10.9 Å². The highest BCUT2D eigenvalue weighted by Gasteiger charge is 2.41. The number of carboxylic acid groups (broad SMARTS) is 1. The van der Waals surface area contributed by atoms with Gasteiger partial charge in [0.15, 0.2) is 8.32 Å². The number of benzene rings is 2. The normalized spacial score (nSPS) is 13.2. The summed E-state index contributed by atoms with van der Waals surface area (Å²) in [6.45, 7) is 18.1. The van der Waals surface area contributed by atoms with Crippen LogP contribution in [-0.2, 0) is 15.7 Å². The van der Waals surface area contributed by atoms with E-state index in [1.54, 1.807) is 49.9 Å². The van der Waals surface area contributed by atoms with Crippen LogP contribution in [0.5, 0.6) is 5.75 Å². The largest absolute Gasteiger partial charge is 0.506 e. The van der Waals surface area contributed by atoms with Crippen LogP contribution in [0.4, 0.5) is 4.79 Å². The third-order valence-corrected chi connectivity index (χ3v) is 12.0. The van der Waals surface area contributed by atoms with Crippen LogP contribution >= 0.6 is 0 Å². The SMILES string of the molecule is Cc1cc(C(=O)O)ccc1CN(C[C@H](O[Si](C)(C)C(C)(C)C)c1ccc(O)c2[nH]c(=O)ccc12)C(=O)OC(C)(C)C. The third kappa shape index (κ3) is 7.77. The minimum absolute atomic E-state index is 0.0642. The van der Waals surface area contributed by atoms with E-state index in [4.69, 9.17) is 9.16 Å². The molecule has 41 heavy (non-hydrogen) atoms. The summed E-state index contributed by atoms with van der Waals surface area (Å²) in [5.74, 6) is -1.09. The Morgan fingerprint density at radius 1 is 1.02 bits per heavy atom. The van der Waals surface area contributed by atoms with Crippen molar-refractivity contribution in [3.05, 3.63) is 75.1 Å². The van der Waals surface area contributed by atoms with Crippen LogP contribution < -0.4 is 5.56 Å². The Bertz CT molecular complexity index is 1500. The highest BCUT2D eigenvalue weighted by atomic mass is 28.4. The van der Waals surface area contributed by atoms with Gasteiger partial charge >= 0.3 is 12.1 Å². The van der Waals surface area contributed by atoms with E-state index >= 15 is 0 Å². The number of nitrogens with zero attached hydrogens (tertiary/aromatic N) is 1. The number of carboxylic acids is 1. The summed E-state index contributed by atoms with van der Waals surface area (Å²) < 4.78 is 12.7. The lowest BCUT2D eigenvalue weighted by Gasteiger charge is -2.41. The highest BCUT2D eigenvalue weighted by Crippen LogP contribution is 2.41. The van der Waals surface area contributed by atoms with Gasteiger partial charge in [-0.05, 0) is 86.8 Å². The van der Waals surface area contributed by atoms with Crippen molar-refractivity contribution in [2.45, 2.75) is 84.8 Å². The van der Waals surface area contributed by atoms with Crippen molar-refractivity contribution >= 4 is 31.3 Å². The van der Waals surface area contributed by atoms with Gasteiger partial charge < -0.3 is 29.3 Å². The van der Waals surface area contributed by atoms with Gasteiger partial charge in [-0.2, -0.15) is 0 Å². The number of hydrogen-bond acceptors (Lipinski definition) is 6. The number of ether oxygens (including phenoxy) is 1. The van der Waals surface area contributed by atoms with E-state index in [1.807, 2.05) is 6.92 Å². The fraction of sp³-hybridized carbons (Fsp3) is 0.452. The van der Waals surface area contributed by atoms with Crippen LogP contribution in [0.3, 0.4) is 0 Å². The molecule has 0 aliphatic heterocycles. The number of aromatic carboxylic acids is 1. The Morgan fingerprint density at radius 3 is 2.24 bits per heavy atom. The molecule has 9 nitrogen and oxygen atoms in total. The summed E-state index contributed by atoms with van der Waals surface area (Å²) in [5, 5.41) is 20.4. The van der Waals surface area contributed by atoms with Crippen molar-refractivity contribution in [1.29, 1.82) is 0 Å². The Labute approximate surface area is 242 Å². The maximum absolute atomic E-state index is 13.6. The van der Waals surface area contributed by atoms with Gasteiger partial charge in [-0.15, -0.1) is 0 Å². The molecule has 3 aromatic rings. The molecule has 0 saturated carbocycles. The van der Waals surface area contributed by atoms with Gasteiger partial charge in [-0.3, -0.25) is 4.79 Å². The Hall–Kier alpha value is -3.63. The fourth-order valence-corrected chi connectivity index (χ4v) is 5.48. The summed E-state index contributed by atoms with van der Waals surface area (Å²) in [6, 6.07) is 11.1. The van der Waals surface area contributed by atoms with Crippen molar-refractivity contribution in [3.8, 4) is 5.75 Å². The van der Waals surface area contributed by atoms with E-state index in [2.05, 4.69) is 38.8 Å². The predicted octanol–water partition coefficient (Wildman–Crippen LogP) is 6.74. The van der Waals surface area contributed by atoms with E-state index in [-0.39, 0.29) is 35.0 Å². The number of aromatic nitrogens is 1. The molecule has 0 aliphatic rings. The lowest BCUT2D eigenvalue weighted by molar-refractivity contribution is 0.0137. The molecule has 3 N–H and O–H groups in total. The Balaban J connectivity index is 2.16. The first-order chi connectivity index (χ1) is 18.8. The van der Waals surface area contributed by atoms with Gasteiger partial charge in [-0.25, -0.2) is 9.59 Å². The minimum Gasteiger partial charge on any atom is -0.506 e. The first-order valence-corrected chi connectivity index (χ1v) is 16.5. The van der Waals surface area contributed by atoms with Crippen LogP contribution in [0, 0.1) is 6.92 Å². The second kappa shape index (κ2) is 11.7. The summed E-state index contributed by atoms with van der Waals surface area (Å²) in [6.07, 6.45) is -1.17. The summed E-state index contributed by atoms with van der Waals surface area (Å²) in [5.41, 5.74) is 1.58. The molecule has 0 aliphatic carbocycles. The van der Waals surface area contributed by atoms with E-state index in [0.29, 0.717) is 16.5 Å². The molecule has 1 atom stereocenters. The van der Waals surface area contributed by atoms with Crippen LogP contribution in [0.2, 0.25) is 18.1 Å². The van der Waals surface area contributed by atoms with Crippen LogP contribution in [0.15, 0.2) is 47.3 Å². The smallest absolute Gasteiger partial charge is 0.410 e. The number of carbonyl (C=O) groups is 2. The van der Waals surface area contributed by atoms with Crippen molar-refractivity contribution in [1.82, 2.24) is 9.88 Å². The number of aryl methyl sites for hydroxylation is 1. The first kappa shape index (κ1) is 31.9. The molecular formula is C31H42N2O7Si. The standard InChI is InChI=1S/C31H42N2O7Si/c1-19-16-20(28(36)37)10-11-21(19)17-33(29(38)39-30(2,3)4)18-25(40-41(8,9)31(5,6)7)22-12-14-24(34)27-23(22)13-15-26(35)32-27/h10-16,25,34H,17-18H2,1-9H3,(H,32,35)(H,36,37)/t25-/m0/s1.